The number of carboxylic acid groups (broad SMARTS) is 3. The van der Waals surface area contributed by atoms with Gasteiger partial charge in [-0.05, 0) is 46.1 Å². The number of likely N-dealkylation sites (tertiary alicyclic amines) is 1. The van der Waals surface area contributed by atoms with E-state index in [0.29, 0.717) is 65.2 Å². The lowest BCUT2D eigenvalue weighted by molar-refractivity contribution is -0.890. The van der Waals surface area contributed by atoms with Crippen molar-refractivity contribution in [3.05, 3.63) is 0 Å². The number of carbonyl (C=O) groups is 6. The third kappa shape index (κ3) is 31.8. The molecule has 2 heterocycles. The van der Waals surface area contributed by atoms with Crippen LogP contribution in [0.5, 0.6) is 0 Å². The Kier molecular flexibility index (Phi) is 30.3. The summed E-state index contributed by atoms with van der Waals surface area (Å²) in [6, 6.07) is 0. The van der Waals surface area contributed by atoms with Crippen molar-refractivity contribution in [3.63, 3.8) is 0 Å². The van der Waals surface area contributed by atoms with Gasteiger partial charge in [-0.3, -0.25) is 48.1 Å². The molecule has 2 fully saturated rings. The molecule has 1 amide bonds. The maximum Gasteiger partial charge on any atom is 0.317 e. The molecule has 0 bridgehead atoms. The van der Waals surface area contributed by atoms with E-state index in [0.717, 1.165) is 69.1 Å². The van der Waals surface area contributed by atoms with Crippen LogP contribution in [0.15, 0.2) is 0 Å². The van der Waals surface area contributed by atoms with Crippen LogP contribution in [0.3, 0.4) is 0 Å². The molecule has 0 unspecified atom stereocenters. The van der Waals surface area contributed by atoms with E-state index in [4.69, 9.17) is 31.3 Å². The normalized spacial score (nSPS) is 17.9. The standard InChI is InChI=1S/C16H29N5O7.C11H23NO4S.C8H16N2O.C2H6/c17-13(22)9-18-1-3-19(10-14(23)24)5-7-21(12-16(27)28)8-6-20(4-2-18)11-15(25)26;1-12(2,8-5-3-4-6-10-13)9-7-11-17(14,15)16;1-7(11)8(9)3-5-10(2)6-4-8;1-2/h1-12H2,(H2,17,22)(H,23,24)(H,25,26)(H,27,28);10H,3-9,11H2,1-2H3;3-6,9H2,1-2H3;1-2H3/p+1. The number of piperidine rings is 1. The second kappa shape index (κ2) is 30.8. The maximum atomic E-state index is 11.3. The first-order chi connectivity index (χ1) is 27.0. The number of carbonyl (C=O) groups excluding carboxylic acids is 3. The minimum atomic E-state index is -3.83. The van der Waals surface area contributed by atoms with Gasteiger partial charge in [0.05, 0.1) is 64.7 Å². The zero-order chi connectivity index (χ0) is 45.0. The zero-order valence-electron chi connectivity index (χ0n) is 35.8. The molecule has 0 aromatic rings. The second-order valence-corrected chi connectivity index (χ2v) is 16.9. The minimum absolute atomic E-state index is 0.00698. The van der Waals surface area contributed by atoms with Crippen LogP contribution in [0.4, 0.5) is 0 Å². The Morgan fingerprint density at radius 2 is 1.03 bits per heavy atom. The van der Waals surface area contributed by atoms with E-state index in [1.165, 1.54) is 0 Å². The van der Waals surface area contributed by atoms with Crippen molar-refractivity contribution < 1.29 is 61.5 Å². The highest BCUT2D eigenvalue weighted by Crippen LogP contribution is 2.19. The number of aliphatic carboxylic acids is 3. The fraction of sp³-hybridized carbons (Fsp3) is 0.838. The third-order valence-corrected chi connectivity index (χ3v) is 10.5. The minimum Gasteiger partial charge on any atom is -0.480 e. The maximum absolute atomic E-state index is 11.3. The highest BCUT2D eigenvalue weighted by molar-refractivity contribution is 7.85. The fourth-order valence-electron chi connectivity index (χ4n) is 6.11. The molecular weight excluding hydrogens is 781 g/mol. The van der Waals surface area contributed by atoms with Crippen molar-refractivity contribution in [1.29, 1.82) is 0 Å². The smallest absolute Gasteiger partial charge is 0.317 e. The van der Waals surface area contributed by atoms with Crippen molar-refractivity contribution in [2.75, 3.05) is 132 Å². The predicted octanol–water partition coefficient (Wildman–Crippen LogP) is -0.928. The average molecular weight is 856 g/mol. The van der Waals surface area contributed by atoms with Crippen LogP contribution in [-0.2, 0) is 38.9 Å². The summed E-state index contributed by atoms with van der Waals surface area (Å²) in [5.74, 6) is -3.55. The Morgan fingerprint density at radius 1 is 0.672 bits per heavy atom. The number of quaternary nitrogens is 1. The molecular formula is C37H75N8O12S+. The molecule has 8 N–H and O–H groups in total. The molecule has 0 aromatic heterocycles. The van der Waals surface area contributed by atoms with Gasteiger partial charge in [-0.15, -0.1) is 0 Å². The van der Waals surface area contributed by atoms with Crippen LogP contribution < -0.4 is 11.5 Å². The molecule has 21 heteroatoms. The van der Waals surface area contributed by atoms with Gasteiger partial charge in [-0.2, -0.15) is 8.42 Å². The summed E-state index contributed by atoms with van der Waals surface area (Å²) in [4.78, 5) is 74.8. The molecule has 20 nitrogen and oxygen atoms in total. The molecule has 0 radical (unpaired) electrons. The molecule has 2 saturated heterocycles. The Bertz CT molecular complexity index is 1220. The molecule has 0 spiro atoms. The third-order valence-electron chi connectivity index (χ3n) is 9.72. The molecule has 2 aliphatic rings. The van der Waals surface area contributed by atoms with Gasteiger partial charge in [0.15, 0.2) is 0 Å². The molecule has 0 atom stereocenters. The van der Waals surface area contributed by atoms with Crippen molar-refractivity contribution in [3.8, 4) is 0 Å². The molecule has 0 saturated carbocycles. The van der Waals surface area contributed by atoms with Gasteiger partial charge in [-0.1, -0.05) is 13.8 Å². The average Bonchev–Trinajstić information content (AvgIpc) is 3.10. The van der Waals surface area contributed by atoms with Crippen LogP contribution in [-0.4, -0.2) is 230 Å². The van der Waals surface area contributed by atoms with E-state index < -0.39 is 39.5 Å². The Morgan fingerprint density at radius 3 is 1.34 bits per heavy atom. The summed E-state index contributed by atoms with van der Waals surface area (Å²) in [5.41, 5.74) is 10.6. The summed E-state index contributed by atoms with van der Waals surface area (Å²) in [6.45, 7) is 11.4. The highest BCUT2D eigenvalue weighted by atomic mass is 32.2. The van der Waals surface area contributed by atoms with Gasteiger partial charge in [0.1, 0.15) is 12.1 Å². The molecule has 2 rings (SSSR count). The summed E-state index contributed by atoms with van der Waals surface area (Å²) >= 11 is 0. The number of Topliss-reactive ketones (excluding diaryl/α,β-unsaturated/α-hetero) is 1. The summed E-state index contributed by atoms with van der Waals surface area (Å²) in [5, 5.41) is 27.3. The monoisotopic (exact) mass is 856 g/mol. The van der Waals surface area contributed by atoms with E-state index in [1.54, 1.807) is 26.5 Å². The molecule has 2 aliphatic heterocycles. The SMILES string of the molecule is CC.CC(=O)C1(N)CCN(C)CC1.C[N+](C)(CCCCCC=O)CCCS(=O)(=O)O.NC(=O)CN1CCN(CC(=O)O)CCN(CC(=O)O)CCN(CC(=O)O)CC1. The number of nitrogens with zero attached hydrogens (tertiary/aromatic N) is 6. The predicted molar refractivity (Wildman–Crippen MR) is 221 cm³/mol. The topological polar surface area (TPSA) is 286 Å². The van der Waals surface area contributed by atoms with Crippen molar-refractivity contribution in [2.24, 2.45) is 11.5 Å². The van der Waals surface area contributed by atoms with Crippen LogP contribution in [0.25, 0.3) is 0 Å². The Balaban J connectivity index is 0. The number of hydrogen-bond donors (Lipinski definition) is 6. The van der Waals surface area contributed by atoms with E-state index >= 15 is 0 Å². The summed E-state index contributed by atoms with van der Waals surface area (Å²) in [7, 11) is 2.32. The zero-order valence-corrected chi connectivity index (χ0v) is 36.7. The van der Waals surface area contributed by atoms with Crippen molar-refractivity contribution >= 4 is 46.0 Å². The van der Waals surface area contributed by atoms with Crippen LogP contribution in [0, 0.1) is 0 Å². The fourth-order valence-corrected chi connectivity index (χ4v) is 6.60. The number of nitrogens with two attached hydrogens (primary N) is 2. The number of amides is 1. The van der Waals surface area contributed by atoms with Crippen molar-refractivity contribution in [1.82, 2.24) is 24.5 Å². The lowest BCUT2D eigenvalue weighted by Gasteiger charge is -2.35. The molecule has 58 heavy (non-hydrogen) atoms. The number of ketones is 1. The van der Waals surface area contributed by atoms with E-state index in [1.807, 2.05) is 27.9 Å². The van der Waals surface area contributed by atoms with Gasteiger partial charge in [0, 0.05) is 78.3 Å². The van der Waals surface area contributed by atoms with Crippen molar-refractivity contribution in [2.45, 2.75) is 71.3 Å². The number of carboxylic acids is 3. The van der Waals surface area contributed by atoms with Crippen LogP contribution in [0.1, 0.15) is 65.7 Å². The number of hydrogen-bond acceptors (Lipinski definition) is 14. The lowest BCUT2D eigenvalue weighted by Crippen LogP contribution is -2.54. The molecule has 0 aliphatic carbocycles. The van der Waals surface area contributed by atoms with E-state index in [9.17, 15) is 37.2 Å². The Hall–Kier alpha value is -3.15. The van der Waals surface area contributed by atoms with Gasteiger partial charge < -0.3 is 41.0 Å². The van der Waals surface area contributed by atoms with E-state index in [-0.39, 0.29) is 37.7 Å². The largest absolute Gasteiger partial charge is 0.480 e. The second-order valence-electron chi connectivity index (χ2n) is 15.3. The van der Waals surface area contributed by atoms with Gasteiger partial charge in [-0.25, -0.2) is 0 Å². The highest BCUT2D eigenvalue weighted by Gasteiger charge is 2.33. The van der Waals surface area contributed by atoms with Gasteiger partial charge >= 0.3 is 17.9 Å². The van der Waals surface area contributed by atoms with Gasteiger partial charge in [0.2, 0.25) is 5.91 Å². The van der Waals surface area contributed by atoms with Crippen LogP contribution >= 0.6 is 0 Å². The quantitative estimate of drug-likeness (QED) is 0.0396. The number of rotatable bonds is 19. The van der Waals surface area contributed by atoms with E-state index in [2.05, 4.69) is 11.9 Å². The summed E-state index contributed by atoms with van der Waals surface area (Å²) in [6.07, 6.45) is 6.63. The number of aldehydes is 1. The van der Waals surface area contributed by atoms with Gasteiger partial charge in [0.25, 0.3) is 10.1 Å². The molecule has 340 valence electrons. The Labute approximate surface area is 345 Å². The van der Waals surface area contributed by atoms with Crippen LogP contribution in [0.2, 0.25) is 0 Å². The lowest BCUT2D eigenvalue weighted by atomic mass is 9.85. The molecule has 0 aromatic carbocycles. The summed E-state index contributed by atoms with van der Waals surface area (Å²) < 4.78 is 30.5. The number of primary amides is 1. The first kappa shape index (κ1) is 56.9. The first-order valence-electron chi connectivity index (χ1n) is 20.0. The number of unbranched alkanes of at least 4 members (excludes halogenated alkanes) is 3. The first-order valence-corrected chi connectivity index (χ1v) is 21.6.